The second kappa shape index (κ2) is 7.66. The lowest BCUT2D eigenvalue weighted by Crippen LogP contribution is -2.33. The van der Waals surface area contributed by atoms with Gasteiger partial charge in [-0.3, -0.25) is 9.59 Å². The molecule has 0 spiro atoms. The number of para-hydroxylation sites is 1. The first-order valence-electron chi connectivity index (χ1n) is 12.0. The number of hydrogen-bond acceptors (Lipinski definition) is 2. The van der Waals surface area contributed by atoms with Gasteiger partial charge in [-0.25, -0.2) is 4.90 Å². The highest BCUT2D eigenvalue weighted by Gasteiger charge is 2.62. The van der Waals surface area contributed by atoms with Gasteiger partial charge < -0.3 is 0 Å². The molecule has 0 unspecified atom stereocenters. The van der Waals surface area contributed by atoms with Crippen molar-refractivity contribution in [2.24, 2.45) is 23.7 Å². The number of rotatable bonds is 3. The van der Waals surface area contributed by atoms with Crippen molar-refractivity contribution in [2.75, 3.05) is 4.90 Å². The molecule has 1 aliphatic heterocycles. The molecule has 6 rings (SSSR count). The van der Waals surface area contributed by atoms with E-state index in [4.69, 9.17) is 0 Å². The second-order valence-electron chi connectivity index (χ2n) is 9.85. The van der Waals surface area contributed by atoms with E-state index < -0.39 is 0 Å². The van der Waals surface area contributed by atoms with Crippen LogP contribution in [0.5, 0.6) is 0 Å². The summed E-state index contributed by atoms with van der Waals surface area (Å²) < 4.78 is 0. The SMILES string of the molecule is Cc1ccc(C(=C2[C@H]3C=C[C@H]2[C@@H]2C(=O)N(c4ccccc4C)C(=O)[C@H]23)c2ccc(C)cc2)cc1. The van der Waals surface area contributed by atoms with Crippen LogP contribution < -0.4 is 4.90 Å². The van der Waals surface area contributed by atoms with E-state index in [9.17, 15) is 9.59 Å². The summed E-state index contributed by atoms with van der Waals surface area (Å²) in [4.78, 5) is 28.9. The Morgan fingerprint density at radius 1 is 0.647 bits per heavy atom. The Bertz CT molecular complexity index is 1300. The van der Waals surface area contributed by atoms with E-state index in [1.807, 2.05) is 31.2 Å². The highest BCUT2D eigenvalue weighted by Crippen LogP contribution is 2.59. The number of benzene rings is 3. The van der Waals surface area contributed by atoms with Crippen molar-refractivity contribution in [3.63, 3.8) is 0 Å². The van der Waals surface area contributed by atoms with E-state index in [2.05, 4.69) is 74.5 Å². The third-order valence-corrected chi connectivity index (χ3v) is 7.74. The molecule has 168 valence electrons. The number of imide groups is 1. The van der Waals surface area contributed by atoms with Crippen molar-refractivity contribution < 1.29 is 9.59 Å². The first kappa shape index (κ1) is 20.9. The maximum absolute atomic E-state index is 13.7. The van der Waals surface area contributed by atoms with Gasteiger partial charge in [0.05, 0.1) is 17.5 Å². The van der Waals surface area contributed by atoms with Gasteiger partial charge in [0.1, 0.15) is 0 Å². The third-order valence-electron chi connectivity index (χ3n) is 7.74. The van der Waals surface area contributed by atoms with E-state index in [1.54, 1.807) is 0 Å². The number of carbonyl (C=O) groups is 2. The first-order valence-corrected chi connectivity index (χ1v) is 12.0. The topological polar surface area (TPSA) is 37.4 Å². The summed E-state index contributed by atoms with van der Waals surface area (Å²) in [6.45, 7) is 6.13. The lowest BCUT2D eigenvalue weighted by molar-refractivity contribution is -0.122. The molecule has 2 fully saturated rings. The molecule has 3 aromatic carbocycles. The van der Waals surface area contributed by atoms with Gasteiger partial charge in [-0.1, -0.05) is 90.0 Å². The van der Waals surface area contributed by atoms with Crippen molar-refractivity contribution in [1.82, 2.24) is 0 Å². The average Bonchev–Trinajstić information content (AvgIpc) is 3.46. The van der Waals surface area contributed by atoms with Crippen molar-refractivity contribution in [1.29, 1.82) is 0 Å². The molecule has 3 aliphatic rings. The third kappa shape index (κ3) is 2.96. The van der Waals surface area contributed by atoms with Gasteiger partial charge in [0, 0.05) is 11.8 Å². The number of anilines is 1. The summed E-state index contributed by atoms with van der Waals surface area (Å²) in [7, 11) is 0. The van der Waals surface area contributed by atoms with E-state index in [-0.39, 0.29) is 35.5 Å². The molecule has 1 saturated carbocycles. The van der Waals surface area contributed by atoms with Crippen molar-refractivity contribution in [3.8, 4) is 0 Å². The Kier molecular flexibility index (Phi) is 4.70. The molecular formula is C31H27NO2. The smallest absolute Gasteiger partial charge is 0.238 e. The second-order valence-corrected chi connectivity index (χ2v) is 9.85. The number of carbonyl (C=O) groups excluding carboxylic acids is 2. The standard InChI is InChI=1S/C31H27NO2/c1-18-8-12-21(13-9-18)26(22-14-10-19(2)11-15-22)27-23-16-17-24(27)29-28(23)30(33)32(31(29)34)25-7-5-4-6-20(25)3/h4-17,23-24,28-29H,1-3H3/t23-,24-,28+,29+/m1/s1. The Morgan fingerprint density at radius 3 is 1.59 bits per heavy atom. The quantitative estimate of drug-likeness (QED) is 0.364. The molecule has 0 aromatic heterocycles. The Hall–Kier alpha value is -3.72. The van der Waals surface area contributed by atoms with Crippen LogP contribution >= 0.6 is 0 Å². The van der Waals surface area contributed by atoms with Crippen LogP contribution in [-0.2, 0) is 9.59 Å². The molecule has 0 N–H and O–H groups in total. The summed E-state index contributed by atoms with van der Waals surface area (Å²) in [5, 5.41) is 0. The number of amides is 2. The number of fused-ring (bicyclic) bond motifs is 5. The lowest BCUT2D eigenvalue weighted by Gasteiger charge is -2.22. The minimum Gasteiger partial charge on any atom is -0.274 e. The van der Waals surface area contributed by atoms with Crippen LogP contribution in [0.3, 0.4) is 0 Å². The normalized spacial score (nSPS) is 24.8. The van der Waals surface area contributed by atoms with Crippen molar-refractivity contribution >= 4 is 23.1 Å². The van der Waals surface area contributed by atoms with E-state index in [0.717, 1.165) is 22.3 Å². The molecule has 0 radical (unpaired) electrons. The summed E-state index contributed by atoms with van der Waals surface area (Å²) in [5.41, 5.74) is 8.74. The minimum atomic E-state index is -0.331. The van der Waals surface area contributed by atoms with Crippen LogP contribution in [0.4, 0.5) is 5.69 Å². The van der Waals surface area contributed by atoms with E-state index in [0.29, 0.717) is 5.69 Å². The minimum absolute atomic E-state index is 0.0573. The average molecular weight is 446 g/mol. The van der Waals surface area contributed by atoms with Gasteiger partial charge in [0.15, 0.2) is 0 Å². The predicted molar refractivity (Wildman–Crippen MR) is 135 cm³/mol. The van der Waals surface area contributed by atoms with Crippen LogP contribution in [0.2, 0.25) is 0 Å². The molecule has 3 nitrogen and oxygen atoms in total. The molecule has 4 atom stereocenters. The summed E-state index contributed by atoms with van der Waals surface area (Å²) in [6.07, 6.45) is 4.33. The maximum atomic E-state index is 13.7. The van der Waals surface area contributed by atoms with Gasteiger partial charge in [0.2, 0.25) is 11.8 Å². The van der Waals surface area contributed by atoms with Crippen molar-refractivity contribution in [3.05, 3.63) is 118 Å². The molecule has 3 aromatic rings. The predicted octanol–water partition coefficient (Wildman–Crippen LogP) is 6.04. The Labute approximate surface area is 200 Å². The lowest BCUT2D eigenvalue weighted by atomic mass is 9.85. The maximum Gasteiger partial charge on any atom is 0.238 e. The first-order chi connectivity index (χ1) is 16.5. The number of allylic oxidation sites excluding steroid dienone is 3. The highest BCUT2D eigenvalue weighted by atomic mass is 16.2. The van der Waals surface area contributed by atoms with Gasteiger partial charge in [-0.2, -0.15) is 0 Å². The van der Waals surface area contributed by atoms with Crippen molar-refractivity contribution in [2.45, 2.75) is 20.8 Å². The van der Waals surface area contributed by atoms with Crippen LogP contribution in [0.1, 0.15) is 27.8 Å². The van der Waals surface area contributed by atoms with Gasteiger partial charge in [0.25, 0.3) is 0 Å². The van der Waals surface area contributed by atoms with Gasteiger partial charge >= 0.3 is 0 Å². The fraction of sp³-hybridized carbons (Fsp3) is 0.226. The zero-order chi connectivity index (χ0) is 23.6. The molecule has 2 aliphatic carbocycles. The highest BCUT2D eigenvalue weighted by molar-refractivity contribution is 6.23. The number of nitrogens with zero attached hydrogens (tertiary/aromatic N) is 1. The van der Waals surface area contributed by atoms with E-state index >= 15 is 0 Å². The molecule has 1 saturated heterocycles. The Balaban J connectivity index is 1.50. The fourth-order valence-electron chi connectivity index (χ4n) is 6.09. The molecular weight excluding hydrogens is 418 g/mol. The molecule has 3 heteroatoms. The largest absolute Gasteiger partial charge is 0.274 e. The van der Waals surface area contributed by atoms with Crippen LogP contribution in [0, 0.1) is 44.4 Å². The molecule has 34 heavy (non-hydrogen) atoms. The molecule has 1 heterocycles. The Morgan fingerprint density at radius 2 is 1.12 bits per heavy atom. The van der Waals surface area contributed by atoms with Crippen LogP contribution in [0.15, 0.2) is 90.5 Å². The van der Waals surface area contributed by atoms with Crippen LogP contribution in [-0.4, -0.2) is 11.8 Å². The van der Waals surface area contributed by atoms with Gasteiger partial charge in [-0.05, 0) is 54.7 Å². The summed E-state index contributed by atoms with van der Waals surface area (Å²) in [5.74, 6) is -0.904. The monoisotopic (exact) mass is 445 g/mol. The van der Waals surface area contributed by atoms with E-state index in [1.165, 1.54) is 21.6 Å². The molecule has 2 amide bonds. The summed E-state index contributed by atoms with van der Waals surface area (Å²) in [6, 6.07) is 24.8. The number of aryl methyl sites for hydroxylation is 3. The number of hydrogen-bond donors (Lipinski definition) is 0. The zero-order valence-corrected chi connectivity index (χ0v) is 19.7. The summed E-state index contributed by atoms with van der Waals surface area (Å²) >= 11 is 0. The fourth-order valence-corrected chi connectivity index (χ4v) is 6.09. The zero-order valence-electron chi connectivity index (χ0n) is 19.7. The van der Waals surface area contributed by atoms with Gasteiger partial charge in [-0.15, -0.1) is 0 Å². The molecule has 2 bridgehead atoms. The van der Waals surface area contributed by atoms with Crippen LogP contribution in [0.25, 0.3) is 5.57 Å².